The van der Waals surface area contributed by atoms with E-state index in [1.807, 2.05) is 56.3 Å². The summed E-state index contributed by atoms with van der Waals surface area (Å²) in [5.74, 6) is -2.75. The number of oxime groups is 1. The lowest BCUT2D eigenvalue weighted by Crippen LogP contribution is -2.57. The summed E-state index contributed by atoms with van der Waals surface area (Å²) in [5, 5.41) is 13.6. The van der Waals surface area contributed by atoms with Gasteiger partial charge in [-0.1, -0.05) is 98.8 Å². The highest BCUT2D eigenvalue weighted by atomic mass is 35.5. The van der Waals surface area contributed by atoms with Gasteiger partial charge in [0, 0.05) is 41.8 Å². The standard InChI is InChI=1S/C40H50ClN5O6/c1-3-11-31(36(48)38(50)42-30-18-19-30)43-37(49)33-23-40(22-32(45-52-40)28-16-10-17-29(41)21-28)24-46(33)39(51)35(25(2)27-14-8-5-9-15-27)44-34(47)20-26-12-6-4-7-13-26/h5,8-10,14-17,21,25-26,30-31,33,35H,3-4,6-7,11-13,18-20,22-24H2,1-2H3,(H,42,50)(H,43,49)(H,44,47)/t25?,31-,33-,35-,40+/m0/s1. The number of ketones is 1. The molecule has 12 heteroatoms. The summed E-state index contributed by atoms with van der Waals surface area (Å²) in [6.45, 7) is 3.81. The Bertz CT molecular complexity index is 1680. The van der Waals surface area contributed by atoms with Crippen molar-refractivity contribution in [2.24, 2.45) is 11.1 Å². The first-order valence-corrected chi connectivity index (χ1v) is 19.2. The minimum absolute atomic E-state index is 0.0118. The summed E-state index contributed by atoms with van der Waals surface area (Å²) in [6.07, 6.45) is 8.54. The molecule has 278 valence electrons. The van der Waals surface area contributed by atoms with Crippen LogP contribution in [0.5, 0.6) is 0 Å². The van der Waals surface area contributed by atoms with Gasteiger partial charge in [-0.05, 0) is 55.7 Å². The first-order valence-electron chi connectivity index (χ1n) is 18.9. The predicted molar refractivity (Wildman–Crippen MR) is 198 cm³/mol. The van der Waals surface area contributed by atoms with Crippen molar-refractivity contribution in [1.29, 1.82) is 0 Å². The molecule has 2 aromatic rings. The van der Waals surface area contributed by atoms with E-state index >= 15 is 0 Å². The summed E-state index contributed by atoms with van der Waals surface area (Å²) in [4.78, 5) is 76.5. The zero-order chi connectivity index (χ0) is 36.8. The van der Waals surface area contributed by atoms with Crippen LogP contribution in [0.15, 0.2) is 59.8 Å². The predicted octanol–water partition coefficient (Wildman–Crippen LogP) is 5.20. The zero-order valence-corrected chi connectivity index (χ0v) is 30.8. The van der Waals surface area contributed by atoms with Crippen LogP contribution < -0.4 is 16.0 Å². The van der Waals surface area contributed by atoms with E-state index in [2.05, 4.69) is 21.1 Å². The Morgan fingerprint density at radius 3 is 2.42 bits per heavy atom. The number of Topliss-reactive ketones (excluding diaryl/α,β-unsaturated/α-hetero) is 1. The highest BCUT2D eigenvalue weighted by Crippen LogP contribution is 2.40. The van der Waals surface area contributed by atoms with E-state index in [0.717, 1.165) is 49.7 Å². The van der Waals surface area contributed by atoms with Crippen LogP contribution in [0.2, 0.25) is 5.02 Å². The van der Waals surface area contributed by atoms with Gasteiger partial charge in [0.05, 0.1) is 18.3 Å². The summed E-state index contributed by atoms with van der Waals surface area (Å²) >= 11 is 6.28. The summed E-state index contributed by atoms with van der Waals surface area (Å²) in [7, 11) is 0. The molecule has 52 heavy (non-hydrogen) atoms. The maximum Gasteiger partial charge on any atom is 0.289 e. The van der Waals surface area contributed by atoms with Gasteiger partial charge >= 0.3 is 0 Å². The van der Waals surface area contributed by atoms with E-state index in [9.17, 15) is 24.0 Å². The average molecular weight is 732 g/mol. The van der Waals surface area contributed by atoms with Crippen molar-refractivity contribution in [1.82, 2.24) is 20.9 Å². The third kappa shape index (κ3) is 9.03. The van der Waals surface area contributed by atoms with Crippen LogP contribution in [-0.2, 0) is 28.8 Å². The molecule has 2 aromatic carbocycles. The highest BCUT2D eigenvalue weighted by molar-refractivity contribution is 6.38. The second-order valence-corrected chi connectivity index (χ2v) is 15.5. The number of nitrogens with zero attached hydrogens (tertiary/aromatic N) is 2. The number of hydrogen-bond acceptors (Lipinski definition) is 7. The van der Waals surface area contributed by atoms with Crippen molar-refractivity contribution in [3.05, 3.63) is 70.7 Å². The topological polar surface area (TPSA) is 146 Å². The zero-order valence-electron chi connectivity index (χ0n) is 30.1. The van der Waals surface area contributed by atoms with E-state index in [-0.39, 0.29) is 37.3 Å². The fraction of sp³-hybridized carbons (Fsp3) is 0.550. The number of amides is 4. The number of carbonyl (C=O) groups excluding carboxylic acids is 5. The molecule has 4 aliphatic rings. The normalized spacial score (nSPS) is 23.2. The number of nitrogens with one attached hydrogen (secondary N) is 3. The van der Waals surface area contributed by atoms with Crippen LogP contribution >= 0.6 is 11.6 Å². The minimum atomic E-state index is -1.05. The van der Waals surface area contributed by atoms with Gasteiger partial charge in [0.1, 0.15) is 12.1 Å². The lowest BCUT2D eigenvalue weighted by atomic mass is 9.86. The molecule has 0 radical (unpaired) electrons. The van der Waals surface area contributed by atoms with Gasteiger partial charge in [-0.25, -0.2) is 0 Å². The van der Waals surface area contributed by atoms with Crippen LogP contribution in [-0.4, -0.2) is 76.3 Å². The van der Waals surface area contributed by atoms with Gasteiger partial charge in [-0.2, -0.15) is 0 Å². The first-order chi connectivity index (χ1) is 25.1. The summed E-state index contributed by atoms with van der Waals surface area (Å²) < 4.78 is 0. The molecule has 0 aromatic heterocycles. The van der Waals surface area contributed by atoms with E-state index in [1.165, 1.54) is 11.3 Å². The molecule has 2 aliphatic carbocycles. The number of carbonyl (C=O) groups is 5. The molecule has 1 saturated heterocycles. The molecule has 3 N–H and O–H groups in total. The Morgan fingerprint density at radius 1 is 0.981 bits per heavy atom. The van der Waals surface area contributed by atoms with E-state index in [0.29, 0.717) is 30.0 Å². The highest BCUT2D eigenvalue weighted by Gasteiger charge is 2.55. The second-order valence-electron chi connectivity index (χ2n) is 15.1. The molecule has 2 heterocycles. The molecule has 1 spiro atoms. The van der Waals surface area contributed by atoms with E-state index in [4.69, 9.17) is 16.4 Å². The molecule has 4 amide bonds. The number of halogens is 1. The molecular formula is C40H50ClN5O6. The quantitative estimate of drug-likeness (QED) is 0.228. The number of hydrogen-bond donors (Lipinski definition) is 3. The largest absolute Gasteiger partial charge is 0.387 e. The molecule has 1 unspecified atom stereocenters. The van der Waals surface area contributed by atoms with Gasteiger partial charge < -0.3 is 25.7 Å². The third-order valence-corrected chi connectivity index (χ3v) is 11.2. The van der Waals surface area contributed by atoms with Crippen molar-refractivity contribution >= 4 is 46.7 Å². The van der Waals surface area contributed by atoms with Crippen LogP contribution in [0.1, 0.15) is 108 Å². The lowest BCUT2D eigenvalue weighted by molar-refractivity contribution is -0.144. The Hall–Kier alpha value is -4.25. The molecule has 2 aliphatic heterocycles. The van der Waals surface area contributed by atoms with Crippen LogP contribution in [0, 0.1) is 5.92 Å². The Labute approximate surface area is 310 Å². The van der Waals surface area contributed by atoms with Gasteiger partial charge in [-0.15, -0.1) is 0 Å². The molecule has 11 nitrogen and oxygen atoms in total. The first kappa shape index (κ1) is 37.5. The van der Waals surface area contributed by atoms with Crippen molar-refractivity contribution in [2.45, 2.75) is 127 Å². The summed E-state index contributed by atoms with van der Waals surface area (Å²) in [5.41, 5.74) is 1.25. The van der Waals surface area contributed by atoms with Crippen LogP contribution in [0.25, 0.3) is 0 Å². The van der Waals surface area contributed by atoms with Crippen LogP contribution in [0.4, 0.5) is 0 Å². The molecule has 2 saturated carbocycles. The smallest absolute Gasteiger partial charge is 0.289 e. The fourth-order valence-electron chi connectivity index (χ4n) is 7.83. The maximum atomic E-state index is 14.9. The van der Waals surface area contributed by atoms with Gasteiger partial charge in [-0.3, -0.25) is 24.0 Å². The van der Waals surface area contributed by atoms with Crippen molar-refractivity contribution in [3.8, 4) is 0 Å². The monoisotopic (exact) mass is 731 g/mol. The van der Waals surface area contributed by atoms with Crippen molar-refractivity contribution in [2.75, 3.05) is 6.54 Å². The second kappa shape index (κ2) is 16.6. The Balaban J connectivity index is 1.28. The molecular weight excluding hydrogens is 682 g/mol. The van der Waals surface area contributed by atoms with Gasteiger partial charge in [0.2, 0.25) is 23.5 Å². The van der Waals surface area contributed by atoms with E-state index < -0.39 is 53.1 Å². The van der Waals surface area contributed by atoms with Crippen molar-refractivity contribution < 1.29 is 28.8 Å². The number of rotatable bonds is 14. The fourth-order valence-corrected chi connectivity index (χ4v) is 8.02. The molecule has 0 bridgehead atoms. The Morgan fingerprint density at radius 2 is 1.73 bits per heavy atom. The summed E-state index contributed by atoms with van der Waals surface area (Å²) in [6, 6.07) is 13.7. The molecule has 6 rings (SSSR count). The minimum Gasteiger partial charge on any atom is -0.387 e. The van der Waals surface area contributed by atoms with Crippen LogP contribution in [0.3, 0.4) is 0 Å². The number of likely N-dealkylation sites (tertiary alicyclic amines) is 1. The van der Waals surface area contributed by atoms with Gasteiger partial charge in [0.15, 0.2) is 5.60 Å². The molecule has 3 fully saturated rings. The third-order valence-electron chi connectivity index (χ3n) is 10.9. The molecule has 5 atom stereocenters. The maximum absolute atomic E-state index is 14.9. The average Bonchev–Trinajstić information content (AvgIpc) is 3.74. The van der Waals surface area contributed by atoms with E-state index in [1.54, 1.807) is 12.1 Å². The SMILES string of the molecule is CCC[C@H](NC(=O)[C@@H]1C[C@]2(CC(c3cccc(Cl)c3)=NO2)CN1C(=O)[C@@H](NC(=O)CC1CCCCC1)C(C)c1ccccc1)C(=O)C(=O)NC1CC1. The number of benzene rings is 2. The van der Waals surface area contributed by atoms with Crippen molar-refractivity contribution in [3.63, 3.8) is 0 Å². The van der Waals surface area contributed by atoms with Gasteiger partial charge in [0.25, 0.3) is 5.91 Å². The lowest BCUT2D eigenvalue weighted by Gasteiger charge is -2.33. The Kier molecular flexibility index (Phi) is 12.0.